The molecule has 0 radical (unpaired) electrons. The largest absolute Gasteiger partial charge is 0.391 e. The molecule has 1 amide bonds. The van der Waals surface area contributed by atoms with Crippen LogP contribution in [0.2, 0.25) is 0 Å². The quantitative estimate of drug-likeness (QED) is 0.549. The van der Waals surface area contributed by atoms with E-state index in [2.05, 4.69) is 11.8 Å². The van der Waals surface area contributed by atoms with Crippen molar-refractivity contribution in [3.8, 4) is 11.8 Å². The van der Waals surface area contributed by atoms with Crippen LogP contribution in [0.25, 0.3) is 0 Å². The summed E-state index contributed by atoms with van der Waals surface area (Å²) in [6, 6.07) is 0. The van der Waals surface area contributed by atoms with Gasteiger partial charge in [0, 0.05) is 6.54 Å². The summed E-state index contributed by atoms with van der Waals surface area (Å²) >= 11 is 0. The molecule has 13 heavy (non-hydrogen) atoms. The lowest BCUT2D eigenvalue weighted by molar-refractivity contribution is -0.129. The molecule has 1 heterocycles. The Morgan fingerprint density at radius 2 is 2.23 bits per heavy atom. The summed E-state index contributed by atoms with van der Waals surface area (Å²) in [7, 11) is 0. The first kappa shape index (κ1) is 10.1. The molecule has 1 unspecified atom stereocenters. The standard InChI is InChI=1S/C10H15NO2/c1-4-5-9(13)11-7-6-8(12)10(11,2)3/h8,12H,6-7H2,1-3H3. The predicted molar refractivity (Wildman–Crippen MR) is 49.9 cm³/mol. The second kappa shape index (κ2) is 3.39. The van der Waals surface area contributed by atoms with Gasteiger partial charge in [-0.25, -0.2) is 0 Å². The summed E-state index contributed by atoms with van der Waals surface area (Å²) in [5.41, 5.74) is -0.471. The van der Waals surface area contributed by atoms with Crippen molar-refractivity contribution in [2.45, 2.75) is 38.8 Å². The van der Waals surface area contributed by atoms with Crippen LogP contribution in [0.15, 0.2) is 0 Å². The molecular formula is C10H15NO2. The Morgan fingerprint density at radius 3 is 2.62 bits per heavy atom. The molecule has 1 fully saturated rings. The Kier molecular flexibility index (Phi) is 2.63. The Bertz CT molecular complexity index is 272. The van der Waals surface area contributed by atoms with Crippen LogP contribution in [-0.4, -0.2) is 34.1 Å². The first-order valence-electron chi connectivity index (χ1n) is 4.42. The number of carbonyl (C=O) groups excluding carboxylic acids is 1. The molecule has 1 aliphatic rings. The van der Waals surface area contributed by atoms with Crippen LogP contribution in [-0.2, 0) is 4.79 Å². The van der Waals surface area contributed by atoms with Gasteiger partial charge in [0.25, 0.3) is 5.91 Å². The van der Waals surface area contributed by atoms with Crippen LogP contribution >= 0.6 is 0 Å². The fraction of sp³-hybridized carbons (Fsp3) is 0.700. The lowest BCUT2D eigenvalue weighted by Gasteiger charge is -2.32. The van der Waals surface area contributed by atoms with Crippen LogP contribution in [0.4, 0.5) is 0 Å². The van der Waals surface area contributed by atoms with Crippen molar-refractivity contribution in [2.75, 3.05) is 6.54 Å². The molecule has 1 atom stereocenters. The summed E-state index contributed by atoms with van der Waals surface area (Å²) < 4.78 is 0. The normalized spacial score (nSPS) is 25.2. The highest BCUT2D eigenvalue weighted by Gasteiger charge is 2.42. The van der Waals surface area contributed by atoms with Gasteiger partial charge in [-0.15, -0.1) is 0 Å². The zero-order valence-electron chi connectivity index (χ0n) is 8.29. The van der Waals surface area contributed by atoms with Crippen molar-refractivity contribution in [1.29, 1.82) is 0 Å². The molecule has 0 aliphatic carbocycles. The van der Waals surface area contributed by atoms with Gasteiger partial charge in [0.15, 0.2) is 0 Å². The van der Waals surface area contributed by atoms with Crippen molar-refractivity contribution in [3.05, 3.63) is 0 Å². The average Bonchev–Trinajstić information content (AvgIpc) is 2.28. The first-order valence-corrected chi connectivity index (χ1v) is 4.42. The minimum Gasteiger partial charge on any atom is -0.391 e. The molecule has 0 spiro atoms. The molecule has 1 rings (SSSR count). The van der Waals surface area contributed by atoms with Crippen LogP contribution in [0, 0.1) is 11.8 Å². The minimum atomic E-state index is -0.471. The molecule has 1 N–H and O–H groups in total. The van der Waals surface area contributed by atoms with Crippen LogP contribution in [0.1, 0.15) is 27.2 Å². The number of amides is 1. The Labute approximate surface area is 78.7 Å². The van der Waals surface area contributed by atoms with Crippen molar-refractivity contribution in [3.63, 3.8) is 0 Å². The Hall–Kier alpha value is -1.01. The molecule has 0 bridgehead atoms. The molecule has 3 nitrogen and oxygen atoms in total. The van der Waals surface area contributed by atoms with Crippen molar-refractivity contribution < 1.29 is 9.90 Å². The van der Waals surface area contributed by atoms with Crippen LogP contribution in [0.5, 0.6) is 0 Å². The molecule has 1 saturated heterocycles. The maximum atomic E-state index is 11.4. The second-order valence-electron chi connectivity index (χ2n) is 3.79. The van der Waals surface area contributed by atoms with E-state index in [-0.39, 0.29) is 5.91 Å². The summed E-state index contributed by atoms with van der Waals surface area (Å²) in [4.78, 5) is 13.1. The number of nitrogens with zero attached hydrogens (tertiary/aromatic N) is 1. The smallest absolute Gasteiger partial charge is 0.298 e. The molecular weight excluding hydrogens is 166 g/mol. The van der Waals surface area contributed by atoms with Crippen molar-refractivity contribution in [2.24, 2.45) is 0 Å². The highest BCUT2D eigenvalue weighted by Crippen LogP contribution is 2.28. The molecule has 1 aliphatic heterocycles. The van der Waals surface area contributed by atoms with Gasteiger partial charge in [0.2, 0.25) is 0 Å². The van der Waals surface area contributed by atoms with E-state index in [9.17, 15) is 9.90 Å². The highest BCUT2D eigenvalue weighted by atomic mass is 16.3. The van der Waals surface area contributed by atoms with E-state index in [0.29, 0.717) is 13.0 Å². The fourth-order valence-corrected chi connectivity index (χ4v) is 1.61. The van der Waals surface area contributed by atoms with Gasteiger partial charge in [0.1, 0.15) is 0 Å². The van der Waals surface area contributed by atoms with Gasteiger partial charge < -0.3 is 10.0 Å². The molecule has 0 saturated carbocycles. The Morgan fingerprint density at radius 1 is 1.62 bits per heavy atom. The van der Waals surface area contributed by atoms with Gasteiger partial charge >= 0.3 is 0 Å². The van der Waals surface area contributed by atoms with Crippen LogP contribution in [0.3, 0.4) is 0 Å². The lowest BCUT2D eigenvalue weighted by atomic mass is 9.99. The van der Waals surface area contributed by atoms with Gasteiger partial charge in [-0.3, -0.25) is 4.79 Å². The fourth-order valence-electron chi connectivity index (χ4n) is 1.61. The maximum Gasteiger partial charge on any atom is 0.298 e. The van der Waals surface area contributed by atoms with E-state index in [1.807, 2.05) is 13.8 Å². The topological polar surface area (TPSA) is 40.5 Å². The minimum absolute atomic E-state index is 0.191. The number of aliphatic hydroxyl groups is 1. The van der Waals surface area contributed by atoms with Crippen molar-refractivity contribution in [1.82, 2.24) is 4.90 Å². The number of hydrogen-bond acceptors (Lipinski definition) is 2. The van der Waals surface area contributed by atoms with E-state index >= 15 is 0 Å². The summed E-state index contributed by atoms with van der Waals surface area (Å²) in [6.45, 7) is 5.96. The number of hydrogen-bond donors (Lipinski definition) is 1. The number of carbonyl (C=O) groups is 1. The van der Waals surface area contributed by atoms with E-state index in [0.717, 1.165) is 0 Å². The number of rotatable bonds is 0. The van der Waals surface area contributed by atoms with E-state index in [4.69, 9.17) is 0 Å². The zero-order valence-corrected chi connectivity index (χ0v) is 8.29. The summed E-state index contributed by atoms with van der Waals surface area (Å²) in [6.07, 6.45) is 0.208. The highest BCUT2D eigenvalue weighted by molar-refractivity contribution is 5.94. The molecule has 0 aromatic heterocycles. The molecule has 3 heteroatoms. The van der Waals surface area contributed by atoms with E-state index < -0.39 is 11.6 Å². The van der Waals surface area contributed by atoms with Crippen molar-refractivity contribution >= 4 is 5.91 Å². The van der Waals surface area contributed by atoms with Gasteiger partial charge in [-0.1, -0.05) is 5.92 Å². The second-order valence-corrected chi connectivity index (χ2v) is 3.79. The average molecular weight is 181 g/mol. The van der Waals surface area contributed by atoms with Gasteiger partial charge in [-0.2, -0.15) is 0 Å². The third-order valence-corrected chi connectivity index (χ3v) is 2.61. The summed E-state index contributed by atoms with van der Waals surface area (Å²) in [5, 5.41) is 9.60. The molecule has 72 valence electrons. The van der Waals surface area contributed by atoms with Gasteiger partial charge in [0.05, 0.1) is 11.6 Å². The third kappa shape index (κ3) is 1.68. The van der Waals surface area contributed by atoms with E-state index in [1.54, 1.807) is 11.8 Å². The zero-order chi connectivity index (χ0) is 10.1. The van der Waals surface area contributed by atoms with E-state index in [1.165, 1.54) is 0 Å². The molecule has 0 aromatic rings. The summed E-state index contributed by atoms with van der Waals surface area (Å²) in [5.74, 6) is 4.87. The maximum absolute atomic E-state index is 11.4. The number of aliphatic hydroxyl groups excluding tert-OH is 1. The number of likely N-dealkylation sites (tertiary alicyclic amines) is 1. The van der Waals surface area contributed by atoms with Crippen LogP contribution < -0.4 is 0 Å². The lowest BCUT2D eigenvalue weighted by Crippen LogP contribution is -2.47. The predicted octanol–water partition coefficient (Wildman–Crippen LogP) is 0.382. The Balaban J connectivity index is 2.81. The SMILES string of the molecule is CC#CC(=O)N1CCC(O)C1(C)C. The third-order valence-electron chi connectivity index (χ3n) is 2.61. The van der Waals surface area contributed by atoms with Gasteiger partial charge in [-0.05, 0) is 33.1 Å². The first-order chi connectivity index (χ1) is 6.00. The molecule has 0 aromatic carbocycles. The monoisotopic (exact) mass is 181 g/mol.